The van der Waals surface area contributed by atoms with Crippen LogP contribution in [0, 0.1) is 0 Å². The van der Waals surface area contributed by atoms with Crippen LogP contribution in [0.3, 0.4) is 0 Å². The van der Waals surface area contributed by atoms with Crippen molar-refractivity contribution in [2.75, 3.05) is 45.7 Å². The molecule has 3 aliphatic rings. The van der Waals surface area contributed by atoms with E-state index in [1.54, 1.807) is 4.90 Å². The van der Waals surface area contributed by atoms with Gasteiger partial charge in [0.05, 0.1) is 5.02 Å². The van der Waals surface area contributed by atoms with Crippen molar-refractivity contribution in [3.05, 3.63) is 52.5 Å². The van der Waals surface area contributed by atoms with E-state index in [0.29, 0.717) is 36.0 Å². The fraction of sp³-hybridized carbons (Fsp3) is 0.519. The lowest BCUT2D eigenvalue weighted by molar-refractivity contribution is 0.0662. The lowest BCUT2D eigenvalue weighted by atomic mass is 9.98. The van der Waals surface area contributed by atoms with Crippen molar-refractivity contribution in [3.63, 3.8) is 0 Å². The van der Waals surface area contributed by atoms with Crippen LogP contribution >= 0.6 is 11.6 Å². The molecule has 3 aliphatic heterocycles. The first-order valence-electron chi connectivity index (χ1n) is 12.3. The Bertz CT molecular complexity index is 1050. The molecule has 0 aliphatic carbocycles. The third-order valence-corrected chi connectivity index (χ3v) is 7.84. The number of amides is 1. The molecule has 2 fully saturated rings. The molecule has 0 saturated carbocycles. The summed E-state index contributed by atoms with van der Waals surface area (Å²) in [5, 5.41) is 0.562. The van der Waals surface area contributed by atoms with E-state index < -0.39 is 0 Å². The molecule has 0 aromatic heterocycles. The van der Waals surface area contributed by atoms with Gasteiger partial charge in [0.15, 0.2) is 0 Å². The van der Waals surface area contributed by atoms with Gasteiger partial charge in [0.25, 0.3) is 5.91 Å². The lowest BCUT2D eigenvalue weighted by Gasteiger charge is -2.36. The quantitative estimate of drug-likeness (QED) is 0.580. The van der Waals surface area contributed by atoms with Gasteiger partial charge < -0.3 is 24.2 Å². The first-order chi connectivity index (χ1) is 16.4. The number of halogens is 1. The maximum atomic E-state index is 13.3. The molecule has 3 heterocycles. The number of anilines is 1. The Morgan fingerprint density at radius 2 is 1.85 bits per heavy atom. The van der Waals surface area contributed by atoms with Crippen molar-refractivity contribution in [2.24, 2.45) is 0 Å². The van der Waals surface area contributed by atoms with Crippen LogP contribution in [-0.2, 0) is 6.42 Å². The molecule has 2 saturated heterocycles. The number of benzene rings is 2. The molecule has 182 valence electrons. The molecule has 1 amide bonds. The van der Waals surface area contributed by atoms with E-state index in [4.69, 9.17) is 21.1 Å². The topological polar surface area (TPSA) is 45.2 Å². The largest absolute Gasteiger partial charge is 0.492 e. The Balaban J connectivity index is 1.25. The summed E-state index contributed by atoms with van der Waals surface area (Å²) in [7, 11) is 6.27. The molecule has 2 bridgehead atoms. The van der Waals surface area contributed by atoms with Crippen LogP contribution in [0.15, 0.2) is 36.4 Å². The van der Waals surface area contributed by atoms with Crippen LogP contribution in [0.1, 0.15) is 41.6 Å². The minimum atomic E-state index is -0.00211. The van der Waals surface area contributed by atoms with Gasteiger partial charge in [0.1, 0.15) is 24.2 Å². The second kappa shape index (κ2) is 9.76. The number of carbonyl (C=O) groups is 1. The van der Waals surface area contributed by atoms with E-state index in [1.807, 2.05) is 50.5 Å². The number of carbonyl (C=O) groups excluding carboxylic acids is 1. The zero-order valence-corrected chi connectivity index (χ0v) is 21.1. The molecule has 7 heteroatoms. The molecule has 2 aromatic carbocycles. The SMILES string of the molecule is CN(C)CCOc1ccc2c(c1)CCN(c1ccc(O[C@H]3C[C@H]4CC[C@@H](C3)N4C)c(Cl)c1)C2=O. The summed E-state index contributed by atoms with van der Waals surface area (Å²) in [4.78, 5) is 19.6. The predicted molar refractivity (Wildman–Crippen MR) is 136 cm³/mol. The van der Waals surface area contributed by atoms with E-state index in [1.165, 1.54) is 12.8 Å². The predicted octanol–water partition coefficient (Wildman–Crippen LogP) is 4.49. The number of ether oxygens (including phenoxy) is 2. The third kappa shape index (κ3) is 4.77. The van der Waals surface area contributed by atoms with Gasteiger partial charge in [0, 0.05) is 36.4 Å². The van der Waals surface area contributed by atoms with Gasteiger partial charge >= 0.3 is 0 Å². The van der Waals surface area contributed by atoms with Crippen molar-refractivity contribution < 1.29 is 14.3 Å². The van der Waals surface area contributed by atoms with E-state index >= 15 is 0 Å². The molecule has 34 heavy (non-hydrogen) atoms. The van der Waals surface area contributed by atoms with Gasteiger partial charge in [-0.1, -0.05) is 11.6 Å². The number of hydrogen-bond acceptors (Lipinski definition) is 5. The van der Waals surface area contributed by atoms with Crippen LogP contribution < -0.4 is 14.4 Å². The summed E-state index contributed by atoms with van der Waals surface area (Å²) in [6, 6.07) is 12.7. The Morgan fingerprint density at radius 3 is 2.56 bits per heavy atom. The van der Waals surface area contributed by atoms with Gasteiger partial charge in [0.2, 0.25) is 0 Å². The van der Waals surface area contributed by atoms with Crippen molar-refractivity contribution in [3.8, 4) is 11.5 Å². The number of hydrogen-bond donors (Lipinski definition) is 0. The third-order valence-electron chi connectivity index (χ3n) is 7.54. The second-order valence-electron chi connectivity index (χ2n) is 10.1. The highest BCUT2D eigenvalue weighted by Crippen LogP contribution is 2.38. The molecule has 5 rings (SSSR count). The fourth-order valence-electron chi connectivity index (χ4n) is 5.54. The van der Waals surface area contributed by atoms with Crippen molar-refractivity contribution >= 4 is 23.2 Å². The van der Waals surface area contributed by atoms with Crippen LogP contribution in [0.5, 0.6) is 11.5 Å². The van der Waals surface area contributed by atoms with E-state index in [-0.39, 0.29) is 12.0 Å². The molecule has 2 aromatic rings. The zero-order chi connectivity index (χ0) is 23.8. The Kier molecular flexibility index (Phi) is 6.74. The van der Waals surface area contributed by atoms with Gasteiger partial charge in [-0.15, -0.1) is 0 Å². The summed E-state index contributed by atoms with van der Waals surface area (Å²) >= 11 is 6.63. The van der Waals surface area contributed by atoms with E-state index in [0.717, 1.165) is 48.4 Å². The molecule has 3 atom stereocenters. The van der Waals surface area contributed by atoms with Crippen LogP contribution in [0.25, 0.3) is 0 Å². The average molecular weight is 484 g/mol. The number of nitrogens with zero attached hydrogens (tertiary/aromatic N) is 3. The molecular weight excluding hydrogens is 450 g/mol. The Labute approximate surface area is 207 Å². The van der Waals surface area contributed by atoms with Gasteiger partial charge in [-0.25, -0.2) is 0 Å². The number of piperidine rings is 1. The molecule has 6 nitrogen and oxygen atoms in total. The van der Waals surface area contributed by atoms with Crippen LogP contribution in [0.4, 0.5) is 5.69 Å². The van der Waals surface area contributed by atoms with Crippen molar-refractivity contribution in [2.45, 2.75) is 50.3 Å². The minimum absolute atomic E-state index is 0.00211. The highest BCUT2D eigenvalue weighted by molar-refractivity contribution is 6.32. The van der Waals surface area contributed by atoms with E-state index in [9.17, 15) is 4.79 Å². The number of likely N-dealkylation sites (N-methyl/N-ethyl adjacent to an activating group) is 1. The molecule has 0 unspecified atom stereocenters. The summed E-state index contributed by atoms with van der Waals surface area (Å²) in [6.07, 6.45) is 5.60. The lowest BCUT2D eigenvalue weighted by Crippen LogP contribution is -2.43. The summed E-state index contributed by atoms with van der Waals surface area (Å²) in [6.45, 7) is 2.09. The average Bonchev–Trinajstić information content (AvgIpc) is 3.01. The summed E-state index contributed by atoms with van der Waals surface area (Å²) in [5.41, 5.74) is 2.57. The van der Waals surface area contributed by atoms with Gasteiger partial charge in [-0.05, 0) is 95.2 Å². The summed E-state index contributed by atoms with van der Waals surface area (Å²) in [5.74, 6) is 1.52. The van der Waals surface area contributed by atoms with Crippen LogP contribution in [0.2, 0.25) is 5.02 Å². The summed E-state index contributed by atoms with van der Waals surface area (Å²) < 4.78 is 12.2. The maximum absolute atomic E-state index is 13.3. The number of rotatable bonds is 7. The van der Waals surface area contributed by atoms with Gasteiger partial charge in [-0.2, -0.15) is 0 Å². The second-order valence-corrected chi connectivity index (χ2v) is 10.5. The fourth-order valence-corrected chi connectivity index (χ4v) is 5.76. The number of fused-ring (bicyclic) bond motifs is 3. The van der Waals surface area contributed by atoms with Gasteiger partial charge in [-0.3, -0.25) is 4.79 Å². The van der Waals surface area contributed by atoms with Crippen LogP contribution in [-0.4, -0.2) is 74.7 Å². The molecule has 0 spiro atoms. The Morgan fingerprint density at radius 1 is 1.09 bits per heavy atom. The highest BCUT2D eigenvalue weighted by atomic mass is 35.5. The first kappa shape index (κ1) is 23.5. The van der Waals surface area contributed by atoms with Crippen molar-refractivity contribution in [1.29, 1.82) is 0 Å². The normalized spacial score (nSPS) is 24.4. The molecular formula is C27H34ClN3O3. The minimum Gasteiger partial charge on any atom is -0.492 e. The zero-order valence-electron chi connectivity index (χ0n) is 20.3. The molecule has 0 N–H and O–H groups in total. The standard InChI is InChI=1S/C27H34ClN3O3/c1-29(2)12-13-33-22-7-8-24-18(14-22)10-11-31(27(24)32)21-6-9-26(25(28)17-21)34-23-15-19-4-5-20(16-23)30(19)3/h6-9,14,17,19-20,23H,4-5,10-13,15-16H2,1-3H3/t19-,20+,23+. The molecule has 0 radical (unpaired) electrons. The monoisotopic (exact) mass is 483 g/mol. The maximum Gasteiger partial charge on any atom is 0.258 e. The van der Waals surface area contributed by atoms with E-state index in [2.05, 4.69) is 16.8 Å². The van der Waals surface area contributed by atoms with Crippen molar-refractivity contribution in [1.82, 2.24) is 9.80 Å². The Hall–Kier alpha value is -2.28. The highest BCUT2D eigenvalue weighted by Gasteiger charge is 2.39. The smallest absolute Gasteiger partial charge is 0.258 e. The first-order valence-corrected chi connectivity index (χ1v) is 12.7.